The summed E-state index contributed by atoms with van der Waals surface area (Å²) in [6, 6.07) is -0.0844. The van der Waals surface area contributed by atoms with Gasteiger partial charge in [-0.05, 0) is 12.3 Å². The van der Waals surface area contributed by atoms with Gasteiger partial charge in [-0.3, -0.25) is 10.3 Å². The molecule has 0 spiro atoms. The average Bonchev–Trinajstić information content (AvgIpc) is 3.10. The van der Waals surface area contributed by atoms with Gasteiger partial charge in [-0.15, -0.1) is 11.3 Å². The predicted octanol–water partition coefficient (Wildman–Crippen LogP) is 2.80. The zero-order valence-corrected chi connectivity index (χ0v) is 14.8. The summed E-state index contributed by atoms with van der Waals surface area (Å²) in [5.41, 5.74) is 1.05. The molecule has 2 amide bonds. The third-order valence-corrected chi connectivity index (χ3v) is 5.07. The molecule has 0 radical (unpaired) electrons. The number of piperazine rings is 1. The van der Waals surface area contributed by atoms with Gasteiger partial charge in [0.15, 0.2) is 5.13 Å². The second kappa shape index (κ2) is 7.57. The quantitative estimate of drug-likeness (QED) is 0.921. The fourth-order valence-corrected chi connectivity index (χ4v) is 3.36. The molecule has 0 aromatic carbocycles. The molecule has 0 aliphatic carbocycles. The van der Waals surface area contributed by atoms with E-state index < -0.39 is 0 Å². The second-order valence-corrected chi connectivity index (χ2v) is 6.71. The van der Waals surface area contributed by atoms with Crippen LogP contribution in [-0.2, 0) is 0 Å². The zero-order valence-electron chi connectivity index (χ0n) is 14.0. The second-order valence-electron chi connectivity index (χ2n) is 5.85. The van der Waals surface area contributed by atoms with Crippen molar-refractivity contribution < 1.29 is 4.79 Å². The number of anilines is 2. The van der Waals surface area contributed by atoms with E-state index in [1.165, 1.54) is 11.3 Å². The van der Waals surface area contributed by atoms with Crippen molar-refractivity contribution in [3.63, 3.8) is 0 Å². The van der Waals surface area contributed by atoms with E-state index in [-0.39, 0.29) is 6.03 Å². The lowest BCUT2D eigenvalue weighted by Crippen LogP contribution is -2.50. The predicted molar refractivity (Wildman–Crippen MR) is 95.7 cm³/mol. The molecule has 3 rings (SSSR count). The third kappa shape index (κ3) is 3.81. The maximum atomic E-state index is 12.4. The topological polar surface area (TPSA) is 74.2 Å². The molecule has 1 N–H and O–H groups in total. The number of aromatic nitrogens is 3. The Morgan fingerprint density at radius 1 is 1.33 bits per heavy atom. The maximum Gasteiger partial charge on any atom is 0.323 e. The van der Waals surface area contributed by atoms with E-state index in [4.69, 9.17) is 0 Å². The lowest BCUT2D eigenvalue weighted by Gasteiger charge is -2.34. The summed E-state index contributed by atoms with van der Waals surface area (Å²) >= 11 is 1.48. The summed E-state index contributed by atoms with van der Waals surface area (Å²) in [6.45, 7) is 7.10. The molecule has 128 valence electrons. The van der Waals surface area contributed by atoms with E-state index in [1.54, 1.807) is 18.6 Å². The normalized spacial score (nSPS) is 16.1. The first-order chi connectivity index (χ1) is 11.7. The van der Waals surface area contributed by atoms with Crippen molar-refractivity contribution in [2.45, 2.75) is 26.2 Å². The van der Waals surface area contributed by atoms with Crippen molar-refractivity contribution in [3.05, 3.63) is 29.7 Å². The summed E-state index contributed by atoms with van der Waals surface area (Å²) in [6.07, 6.45) is 6.14. The van der Waals surface area contributed by atoms with Crippen LogP contribution in [0, 0.1) is 0 Å². The number of carbonyl (C=O) groups is 1. The molecule has 1 aliphatic rings. The van der Waals surface area contributed by atoms with Crippen LogP contribution in [0.2, 0.25) is 0 Å². The molecular weight excluding hydrogens is 324 g/mol. The van der Waals surface area contributed by atoms with Gasteiger partial charge in [0, 0.05) is 44.0 Å². The molecular formula is C16H22N6OS. The van der Waals surface area contributed by atoms with Crippen molar-refractivity contribution in [2.75, 3.05) is 36.4 Å². The van der Waals surface area contributed by atoms with Gasteiger partial charge in [0.05, 0.1) is 11.9 Å². The van der Waals surface area contributed by atoms with Gasteiger partial charge in [-0.1, -0.05) is 13.8 Å². The number of hydrogen-bond donors (Lipinski definition) is 1. The highest BCUT2D eigenvalue weighted by atomic mass is 32.1. The zero-order chi connectivity index (χ0) is 16.9. The number of rotatable bonds is 4. The molecule has 1 atom stereocenters. The van der Waals surface area contributed by atoms with E-state index in [1.807, 2.05) is 10.3 Å². The summed E-state index contributed by atoms with van der Waals surface area (Å²) in [4.78, 5) is 29.3. The minimum Gasteiger partial charge on any atom is -0.352 e. The van der Waals surface area contributed by atoms with Gasteiger partial charge in [0.25, 0.3) is 0 Å². The molecule has 1 fully saturated rings. The van der Waals surface area contributed by atoms with Crippen molar-refractivity contribution in [1.29, 1.82) is 0 Å². The Bertz CT molecular complexity index is 668. The number of carbonyl (C=O) groups excluding carboxylic acids is 1. The van der Waals surface area contributed by atoms with Gasteiger partial charge in [-0.25, -0.2) is 14.8 Å². The lowest BCUT2D eigenvalue weighted by molar-refractivity contribution is 0.208. The minimum atomic E-state index is -0.0844. The smallest absolute Gasteiger partial charge is 0.323 e. The molecule has 1 unspecified atom stereocenters. The first-order valence-electron chi connectivity index (χ1n) is 8.19. The molecule has 1 saturated heterocycles. The Morgan fingerprint density at radius 3 is 2.79 bits per heavy atom. The number of thiazole rings is 1. The van der Waals surface area contributed by atoms with E-state index in [9.17, 15) is 4.79 Å². The van der Waals surface area contributed by atoms with Crippen LogP contribution in [0.5, 0.6) is 0 Å². The Balaban J connectivity index is 1.53. The molecule has 7 nitrogen and oxygen atoms in total. The Kier molecular flexibility index (Phi) is 5.24. The third-order valence-electron chi connectivity index (χ3n) is 4.29. The van der Waals surface area contributed by atoms with Gasteiger partial charge < -0.3 is 9.80 Å². The van der Waals surface area contributed by atoms with Crippen LogP contribution in [0.3, 0.4) is 0 Å². The Morgan fingerprint density at radius 2 is 2.12 bits per heavy atom. The number of amides is 2. The minimum absolute atomic E-state index is 0.0844. The average molecular weight is 346 g/mol. The highest BCUT2D eigenvalue weighted by Gasteiger charge is 2.22. The Labute approximate surface area is 145 Å². The monoisotopic (exact) mass is 346 g/mol. The lowest BCUT2D eigenvalue weighted by atomic mass is 10.1. The summed E-state index contributed by atoms with van der Waals surface area (Å²) in [7, 11) is 0. The summed E-state index contributed by atoms with van der Waals surface area (Å²) in [5, 5.41) is 5.61. The molecule has 24 heavy (non-hydrogen) atoms. The highest BCUT2D eigenvalue weighted by molar-refractivity contribution is 7.13. The van der Waals surface area contributed by atoms with Gasteiger partial charge in [0.1, 0.15) is 5.82 Å². The van der Waals surface area contributed by atoms with Crippen LogP contribution < -0.4 is 10.2 Å². The number of nitrogens with zero attached hydrogens (tertiary/aromatic N) is 5. The number of nitrogens with one attached hydrogen (secondary N) is 1. The number of hydrogen-bond acceptors (Lipinski definition) is 6. The molecule has 2 aromatic heterocycles. The van der Waals surface area contributed by atoms with Crippen molar-refractivity contribution in [2.24, 2.45) is 0 Å². The molecule has 8 heteroatoms. The van der Waals surface area contributed by atoms with E-state index >= 15 is 0 Å². The van der Waals surface area contributed by atoms with Gasteiger partial charge in [-0.2, -0.15) is 0 Å². The fraction of sp³-hybridized carbons (Fsp3) is 0.500. The van der Waals surface area contributed by atoms with Crippen LogP contribution >= 0.6 is 11.3 Å². The van der Waals surface area contributed by atoms with Gasteiger partial charge >= 0.3 is 6.03 Å². The molecule has 3 heterocycles. The van der Waals surface area contributed by atoms with E-state index in [0.717, 1.165) is 31.0 Å². The highest BCUT2D eigenvalue weighted by Crippen LogP contribution is 2.24. The Hall–Kier alpha value is -2.22. The van der Waals surface area contributed by atoms with Crippen LogP contribution in [0.25, 0.3) is 0 Å². The SMILES string of the molecule is CCC(C)c1csc(NC(=O)N2CCN(c3cnccn3)CC2)n1. The first kappa shape index (κ1) is 16.6. The van der Waals surface area contributed by atoms with Crippen LogP contribution in [-0.4, -0.2) is 52.1 Å². The van der Waals surface area contributed by atoms with Crippen molar-refractivity contribution >= 4 is 28.3 Å². The summed E-state index contributed by atoms with van der Waals surface area (Å²) in [5.74, 6) is 1.28. The van der Waals surface area contributed by atoms with Crippen LogP contribution in [0.4, 0.5) is 15.7 Å². The van der Waals surface area contributed by atoms with E-state index in [2.05, 4.69) is 39.0 Å². The number of urea groups is 1. The van der Waals surface area contributed by atoms with Crippen LogP contribution in [0.1, 0.15) is 31.9 Å². The molecule has 1 aliphatic heterocycles. The van der Waals surface area contributed by atoms with E-state index in [0.29, 0.717) is 24.1 Å². The van der Waals surface area contributed by atoms with Crippen LogP contribution in [0.15, 0.2) is 24.0 Å². The summed E-state index contributed by atoms with van der Waals surface area (Å²) < 4.78 is 0. The largest absolute Gasteiger partial charge is 0.352 e. The fourth-order valence-electron chi connectivity index (χ4n) is 2.54. The van der Waals surface area contributed by atoms with Gasteiger partial charge in [0.2, 0.25) is 0 Å². The molecule has 2 aromatic rings. The molecule has 0 saturated carbocycles. The molecule has 0 bridgehead atoms. The maximum absolute atomic E-state index is 12.4. The van der Waals surface area contributed by atoms with Crippen molar-refractivity contribution in [3.8, 4) is 0 Å². The van der Waals surface area contributed by atoms with Crippen molar-refractivity contribution in [1.82, 2.24) is 19.9 Å². The first-order valence-corrected chi connectivity index (χ1v) is 9.07. The standard InChI is InChI=1S/C16H22N6OS/c1-3-12(2)13-11-24-15(19-13)20-16(23)22-8-6-21(7-9-22)14-10-17-4-5-18-14/h4-5,10-12H,3,6-9H2,1-2H3,(H,19,20,23).